The van der Waals surface area contributed by atoms with Crippen molar-refractivity contribution >= 4 is 34.3 Å². The Bertz CT molecular complexity index is 1130. The minimum atomic E-state index is -0.649. The molecule has 0 fully saturated rings. The van der Waals surface area contributed by atoms with Gasteiger partial charge in [0, 0.05) is 29.7 Å². The van der Waals surface area contributed by atoms with Crippen molar-refractivity contribution in [2.75, 3.05) is 18.4 Å². The average molecular weight is 403 g/mol. The molecule has 5 N–H and O–H groups in total. The first kappa shape index (κ1) is 20.5. The van der Waals surface area contributed by atoms with Gasteiger partial charge in [-0.2, -0.15) is 0 Å². The van der Waals surface area contributed by atoms with Crippen LogP contribution in [0.4, 0.5) is 10.5 Å². The average Bonchev–Trinajstić information content (AvgIpc) is 2.76. The van der Waals surface area contributed by atoms with E-state index < -0.39 is 6.03 Å². The number of carbonyl (C=O) groups is 3. The van der Waals surface area contributed by atoms with E-state index in [9.17, 15) is 14.4 Å². The third-order valence-electron chi connectivity index (χ3n) is 4.31. The number of nitrogens with one attached hydrogen (secondary N) is 3. The molecule has 4 amide bonds. The summed E-state index contributed by atoms with van der Waals surface area (Å²) in [6.45, 7) is 3.94. The third-order valence-corrected chi connectivity index (χ3v) is 4.31. The number of carbonyl (C=O) groups excluding carboxylic acids is 3. The largest absolute Gasteiger partial charge is 0.352 e. The van der Waals surface area contributed by atoms with Crippen molar-refractivity contribution in [2.45, 2.75) is 0 Å². The Balaban J connectivity index is 1.85. The molecule has 0 aliphatic carbocycles. The molecule has 0 bridgehead atoms. The van der Waals surface area contributed by atoms with Crippen LogP contribution < -0.4 is 21.7 Å². The summed E-state index contributed by atoms with van der Waals surface area (Å²) in [7, 11) is 0. The van der Waals surface area contributed by atoms with Gasteiger partial charge < -0.3 is 21.7 Å². The predicted molar refractivity (Wildman–Crippen MR) is 116 cm³/mol. The molecule has 0 unspecified atom stereocenters. The normalized spacial score (nSPS) is 10.3. The molecule has 0 saturated carbocycles. The van der Waals surface area contributed by atoms with Crippen LogP contribution in [-0.2, 0) is 4.79 Å². The minimum absolute atomic E-state index is 0.227. The summed E-state index contributed by atoms with van der Waals surface area (Å²) in [6, 6.07) is 15.9. The van der Waals surface area contributed by atoms with Gasteiger partial charge in [-0.3, -0.25) is 9.59 Å². The number of hydrogen-bond donors (Lipinski definition) is 4. The Morgan fingerprint density at radius 1 is 1.00 bits per heavy atom. The molecule has 8 heteroatoms. The van der Waals surface area contributed by atoms with Gasteiger partial charge in [0.15, 0.2) is 0 Å². The highest BCUT2D eigenvalue weighted by Gasteiger charge is 2.10. The van der Waals surface area contributed by atoms with Gasteiger partial charge in [0.1, 0.15) is 5.69 Å². The van der Waals surface area contributed by atoms with E-state index in [-0.39, 0.29) is 30.6 Å². The van der Waals surface area contributed by atoms with E-state index in [1.54, 1.807) is 18.2 Å². The van der Waals surface area contributed by atoms with E-state index in [0.717, 1.165) is 16.3 Å². The summed E-state index contributed by atoms with van der Waals surface area (Å²) in [6.07, 6.45) is 1.21. The summed E-state index contributed by atoms with van der Waals surface area (Å²) in [5, 5.41) is 9.67. The first-order chi connectivity index (χ1) is 14.5. The fraction of sp³-hybridized carbons (Fsp3) is 0.0909. The number of amides is 4. The Kier molecular flexibility index (Phi) is 6.39. The molecule has 0 aliphatic rings. The number of rotatable bonds is 7. The van der Waals surface area contributed by atoms with Gasteiger partial charge in [0.05, 0.1) is 5.69 Å². The summed E-state index contributed by atoms with van der Waals surface area (Å²) in [5.74, 6) is -0.654. The number of anilines is 1. The van der Waals surface area contributed by atoms with Crippen LogP contribution in [0.3, 0.4) is 0 Å². The molecule has 1 aromatic heterocycles. The fourth-order valence-corrected chi connectivity index (χ4v) is 2.90. The fourth-order valence-electron chi connectivity index (χ4n) is 2.90. The molecule has 3 aromatic rings. The van der Waals surface area contributed by atoms with Crippen LogP contribution in [0.2, 0.25) is 0 Å². The maximum atomic E-state index is 12.3. The van der Waals surface area contributed by atoms with Gasteiger partial charge in [-0.15, -0.1) is 0 Å². The molecule has 3 rings (SSSR count). The molecule has 0 spiro atoms. The molecular formula is C22H21N5O3. The Hall–Kier alpha value is -4.20. The predicted octanol–water partition coefficient (Wildman–Crippen LogP) is 2.42. The van der Waals surface area contributed by atoms with E-state index in [4.69, 9.17) is 5.73 Å². The van der Waals surface area contributed by atoms with Gasteiger partial charge >= 0.3 is 6.03 Å². The van der Waals surface area contributed by atoms with Crippen LogP contribution in [0.1, 0.15) is 10.5 Å². The standard InChI is InChI=1S/C22H21N5O3/c1-2-20(28)27-18-7-3-5-14-9-10-15(13-16(14)18)17-6-4-8-19(26-17)21(29)24-11-12-25-22(23)30/h2-10,13H,1,11-12H2,(H,24,29)(H,27,28)(H3,23,25,30). The van der Waals surface area contributed by atoms with E-state index >= 15 is 0 Å². The van der Waals surface area contributed by atoms with Crippen molar-refractivity contribution < 1.29 is 14.4 Å². The number of benzene rings is 2. The zero-order valence-corrected chi connectivity index (χ0v) is 16.1. The minimum Gasteiger partial charge on any atom is -0.352 e. The van der Waals surface area contributed by atoms with Crippen LogP contribution in [-0.4, -0.2) is 35.9 Å². The van der Waals surface area contributed by atoms with Crippen LogP contribution in [0.25, 0.3) is 22.0 Å². The molecule has 1 heterocycles. The molecule has 30 heavy (non-hydrogen) atoms. The second-order valence-corrected chi connectivity index (χ2v) is 6.39. The van der Waals surface area contributed by atoms with Crippen LogP contribution in [0.5, 0.6) is 0 Å². The number of hydrogen-bond acceptors (Lipinski definition) is 4. The number of primary amides is 1. The van der Waals surface area contributed by atoms with Gasteiger partial charge in [-0.1, -0.05) is 36.9 Å². The van der Waals surface area contributed by atoms with Crippen molar-refractivity contribution in [3.05, 3.63) is 72.9 Å². The molecule has 0 radical (unpaired) electrons. The lowest BCUT2D eigenvalue weighted by atomic mass is 10.0. The summed E-state index contributed by atoms with van der Waals surface area (Å²) < 4.78 is 0. The number of aromatic nitrogens is 1. The van der Waals surface area contributed by atoms with Crippen LogP contribution in [0.15, 0.2) is 67.3 Å². The molecular weight excluding hydrogens is 382 g/mol. The van der Waals surface area contributed by atoms with E-state index in [2.05, 4.69) is 27.5 Å². The summed E-state index contributed by atoms with van der Waals surface area (Å²) in [5.41, 5.74) is 7.31. The second-order valence-electron chi connectivity index (χ2n) is 6.39. The van der Waals surface area contributed by atoms with Gasteiger partial charge in [-0.05, 0) is 35.7 Å². The van der Waals surface area contributed by atoms with Gasteiger partial charge in [0.25, 0.3) is 5.91 Å². The van der Waals surface area contributed by atoms with Crippen molar-refractivity contribution in [2.24, 2.45) is 5.73 Å². The highest BCUT2D eigenvalue weighted by Crippen LogP contribution is 2.28. The Morgan fingerprint density at radius 3 is 2.53 bits per heavy atom. The van der Waals surface area contributed by atoms with Gasteiger partial charge in [-0.25, -0.2) is 9.78 Å². The van der Waals surface area contributed by atoms with Crippen LogP contribution >= 0.6 is 0 Å². The molecule has 152 valence electrons. The highest BCUT2D eigenvalue weighted by atomic mass is 16.2. The van der Waals surface area contributed by atoms with Gasteiger partial charge in [0.2, 0.25) is 5.91 Å². The molecule has 0 atom stereocenters. The monoisotopic (exact) mass is 403 g/mol. The number of urea groups is 1. The number of fused-ring (bicyclic) bond motifs is 1. The topological polar surface area (TPSA) is 126 Å². The van der Waals surface area contributed by atoms with Crippen molar-refractivity contribution in [3.63, 3.8) is 0 Å². The zero-order chi connectivity index (χ0) is 21.5. The Morgan fingerprint density at radius 2 is 1.77 bits per heavy atom. The SMILES string of the molecule is C=CC(=O)Nc1cccc2ccc(-c3cccc(C(=O)NCCNC(N)=O)n3)cc12. The zero-order valence-electron chi connectivity index (χ0n) is 16.1. The lowest BCUT2D eigenvalue weighted by molar-refractivity contribution is -0.111. The second kappa shape index (κ2) is 9.33. The third kappa shape index (κ3) is 4.99. The quantitative estimate of drug-likeness (QED) is 0.357. The smallest absolute Gasteiger partial charge is 0.312 e. The van der Waals surface area contributed by atoms with Crippen molar-refractivity contribution in [1.82, 2.24) is 15.6 Å². The maximum absolute atomic E-state index is 12.3. The summed E-state index contributed by atoms with van der Waals surface area (Å²) >= 11 is 0. The molecule has 2 aromatic carbocycles. The lowest BCUT2D eigenvalue weighted by Crippen LogP contribution is -2.37. The lowest BCUT2D eigenvalue weighted by Gasteiger charge is -2.10. The first-order valence-corrected chi connectivity index (χ1v) is 9.23. The molecule has 0 saturated heterocycles. The van der Waals surface area contributed by atoms with E-state index in [1.165, 1.54) is 6.08 Å². The van der Waals surface area contributed by atoms with Crippen molar-refractivity contribution in [3.8, 4) is 11.3 Å². The number of nitrogens with two attached hydrogens (primary N) is 1. The number of pyridine rings is 1. The van der Waals surface area contributed by atoms with Crippen molar-refractivity contribution in [1.29, 1.82) is 0 Å². The van der Waals surface area contributed by atoms with E-state index in [0.29, 0.717) is 11.4 Å². The molecule has 8 nitrogen and oxygen atoms in total. The molecule has 0 aliphatic heterocycles. The number of nitrogens with zero attached hydrogens (tertiary/aromatic N) is 1. The highest BCUT2D eigenvalue weighted by molar-refractivity contribution is 6.06. The van der Waals surface area contributed by atoms with E-state index in [1.807, 2.05) is 36.4 Å². The summed E-state index contributed by atoms with van der Waals surface area (Å²) in [4.78, 5) is 39.2. The maximum Gasteiger partial charge on any atom is 0.312 e. The first-order valence-electron chi connectivity index (χ1n) is 9.23. The van der Waals surface area contributed by atoms with Crippen LogP contribution in [0, 0.1) is 0 Å². The Labute approximate surface area is 173 Å².